The Bertz CT molecular complexity index is 1310. The number of benzene rings is 2. The lowest BCUT2D eigenvalue weighted by Gasteiger charge is -2.37. The van der Waals surface area contributed by atoms with Gasteiger partial charge in [-0.1, -0.05) is 29.8 Å². The minimum absolute atomic E-state index is 0.00231. The number of ether oxygens (including phenoxy) is 1. The molecule has 4 rings (SSSR count). The molecule has 0 radical (unpaired) electrons. The lowest BCUT2D eigenvalue weighted by molar-refractivity contribution is -0.137. The normalized spacial score (nSPS) is 14.5. The van der Waals surface area contributed by atoms with Gasteiger partial charge < -0.3 is 25.4 Å². The molecule has 188 valence electrons. The van der Waals surface area contributed by atoms with E-state index in [9.17, 15) is 19.5 Å². The van der Waals surface area contributed by atoms with Crippen LogP contribution in [0.1, 0.15) is 34.8 Å². The number of primary amides is 1. The van der Waals surface area contributed by atoms with E-state index in [2.05, 4.69) is 9.88 Å². The van der Waals surface area contributed by atoms with E-state index in [4.69, 9.17) is 22.1 Å². The lowest BCUT2D eigenvalue weighted by atomic mass is 9.91. The molecule has 1 fully saturated rings. The second-order valence-corrected chi connectivity index (χ2v) is 9.00. The van der Waals surface area contributed by atoms with Gasteiger partial charge in [-0.3, -0.25) is 19.4 Å². The third kappa shape index (κ3) is 5.21. The number of piperazine rings is 1. The molecule has 1 atom stereocenters. The number of fused-ring (bicyclic) bond motifs is 1. The Labute approximate surface area is 213 Å². The van der Waals surface area contributed by atoms with Gasteiger partial charge in [0.05, 0.1) is 24.2 Å². The van der Waals surface area contributed by atoms with Crippen molar-refractivity contribution in [2.75, 3.05) is 38.2 Å². The van der Waals surface area contributed by atoms with E-state index in [0.717, 1.165) is 5.69 Å². The zero-order valence-electron chi connectivity index (χ0n) is 19.8. The Morgan fingerprint density at radius 2 is 1.83 bits per heavy atom. The van der Waals surface area contributed by atoms with Gasteiger partial charge in [-0.05, 0) is 36.8 Å². The summed E-state index contributed by atoms with van der Waals surface area (Å²) in [5.74, 6) is -2.89. The number of halogens is 1. The van der Waals surface area contributed by atoms with Crippen LogP contribution in [0.4, 0.5) is 5.69 Å². The molecular formula is C26H27ClN4O5. The first-order chi connectivity index (χ1) is 17.3. The summed E-state index contributed by atoms with van der Waals surface area (Å²) in [6.45, 7) is 2.00. The predicted molar refractivity (Wildman–Crippen MR) is 137 cm³/mol. The summed E-state index contributed by atoms with van der Waals surface area (Å²) in [5, 5.41) is 10.6. The first kappa shape index (κ1) is 25.2. The number of aromatic nitrogens is 1. The summed E-state index contributed by atoms with van der Waals surface area (Å²) in [6, 6.07) is 14.6. The van der Waals surface area contributed by atoms with E-state index in [1.807, 2.05) is 18.2 Å². The topological polar surface area (TPSA) is 126 Å². The Kier molecular flexibility index (Phi) is 7.59. The van der Waals surface area contributed by atoms with E-state index in [-0.39, 0.29) is 35.8 Å². The summed E-state index contributed by atoms with van der Waals surface area (Å²) in [5.41, 5.74) is 7.36. The van der Waals surface area contributed by atoms with Crippen molar-refractivity contribution in [3.8, 4) is 5.75 Å². The van der Waals surface area contributed by atoms with Crippen LogP contribution in [0.25, 0.3) is 10.9 Å². The molecule has 2 aromatic carbocycles. The quantitative estimate of drug-likeness (QED) is 0.476. The summed E-state index contributed by atoms with van der Waals surface area (Å²) < 4.78 is 5.53. The fourth-order valence-corrected chi connectivity index (χ4v) is 4.81. The Hall–Kier alpha value is -3.85. The monoisotopic (exact) mass is 510 g/mol. The number of hydrogen-bond acceptors (Lipinski definition) is 6. The molecule has 0 saturated carbocycles. The first-order valence-electron chi connectivity index (χ1n) is 11.6. The highest BCUT2D eigenvalue weighted by atomic mass is 35.5. The number of carboxylic acids is 1. The predicted octanol–water partition coefficient (Wildman–Crippen LogP) is 3.29. The Balaban J connectivity index is 1.68. The van der Waals surface area contributed by atoms with Gasteiger partial charge in [0.2, 0.25) is 5.91 Å². The molecule has 10 heteroatoms. The van der Waals surface area contributed by atoms with Gasteiger partial charge in [0.1, 0.15) is 11.3 Å². The van der Waals surface area contributed by atoms with Gasteiger partial charge in [0.25, 0.3) is 5.91 Å². The standard InChI is InChI=1S/C26H27ClN4O5/c1-36-24-18-7-2-3-8-20(18)29-23(22(24)25(28)34)19(9-10-21(32)33)26(35)31-13-11-30(12-14-31)17-6-4-5-16(27)15-17/h2-8,15,19H,9-14H2,1H3,(H2,28,34)(H,32,33). The molecule has 2 heterocycles. The number of hydrogen-bond donors (Lipinski definition) is 2. The number of para-hydroxylation sites is 1. The number of carbonyl (C=O) groups excluding carboxylic acids is 2. The van der Waals surface area contributed by atoms with Crippen LogP contribution in [0.3, 0.4) is 0 Å². The maximum Gasteiger partial charge on any atom is 0.303 e. The number of methoxy groups -OCH3 is 1. The average molecular weight is 511 g/mol. The van der Waals surface area contributed by atoms with E-state index < -0.39 is 17.8 Å². The zero-order chi connectivity index (χ0) is 25.8. The van der Waals surface area contributed by atoms with Crippen molar-refractivity contribution in [3.63, 3.8) is 0 Å². The van der Waals surface area contributed by atoms with Crippen LogP contribution < -0.4 is 15.4 Å². The number of anilines is 1. The molecule has 2 amide bonds. The zero-order valence-corrected chi connectivity index (χ0v) is 20.6. The van der Waals surface area contributed by atoms with Gasteiger partial charge in [0.15, 0.2) is 0 Å². The van der Waals surface area contributed by atoms with Crippen LogP contribution in [0.5, 0.6) is 5.75 Å². The molecule has 1 unspecified atom stereocenters. The van der Waals surface area contributed by atoms with Crippen molar-refractivity contribution >= 4 is 46.0 Å². The van der Waals surface area contributed by atoms with E-state index in [0.29, 0.717) is 42.1 Å². The maximum atomic E-state index is 13.8. The number of carbonyl (C=O) groups is 3. The molecular weight excluding hydrogens is 484 g/mol. The fourth-order valence-electron chi connectivity index (χ4n) is 4.63. The molecule has 36 heavy (non-hydrogen) atoms. The van der Waals surface area contributed by atoms with Crippen LogP contribution in [-0.2, 0) is 9.59 Å². The molecule has 1 saturated heterocycles. The molecule has 0 spiro atoms. The Morgan fingerprint density at radius 3 is 2.47 bits per heavy atom. The fraction of sp³-hybridized carbons (Fsp3) is 0.308. The molecule has 1 aliphatic rings. The number of nitrogens with two attached hydrogens (primary N) is 1. The molecule has 1 aliphatic heterocycles. The summed E-state index contributed by atoms with van der Waals surface area (Å²) in [6.07, 6.45) is -0.300. The van der Waals surface area contributed by atoms with Crippen LogP contribution in [-0.4, -0.2) is 66.1 Å². The minimum atomic E-state index is -1.05. The number of nitrogens with zero attached hydrogens (tertiary/aromatic N) is 3. The van der Waals surface area contributed by atoms with Gasteiger partial charge >= 0.3 is 5.97 Å². The van der Waals surface area contributed by atoms with Crippen molar-refractivity contribution in [1.29, 1.82) is 0 Å². The van der Waals surface area contributed by atoms with E-state index in [1.54, 1.807) is 35.2 Å². The molecule has 3 N–H and O–H groups in total. The van der Waals surface area contributed by atoms with E-state index in [1.165, 1.54) is 7.11 Å². The SMILES string of the molecule is COc1c(C(N)=O)c(C(CCC(=O)O)C(=O)N2CCN(c3cccc(Cl)c3)CC2)nc2ccccc12. The van der Waals surface area contributed by atoms with Crippen molar-refractivity contribution < 1.29 is 24.2 Å². The molecule has 9 nitrogen and oxygen atoms in total. The third-order valence-electron chi connectivity index (χ3n) is 6.36. The number of pyridine rings is 1. The maximum absolute atomic E-state index is 13.8. The first-order valence-corrected chi connectivity index (χ1v) is 12.0. The highest BCUT2D eigenvalue weighted by Gasteiger charge is 2.34. The largest absolute Gasteiger partial charge is 0.495 e. The summed E-state index contributed by atoms with van der Waals surface area (Å²) >= 11 is 6.13. The minimum Gasteiger partial charge on any atom is -0.495 e. The third-order valence-corrected chi connectivity index (χ3v) is 6.60. The van der Waals surface area contributed by atoms with Crippen molar-refractivity contribution in [2.24, 2.45) is 5.73 Å². The van der Waals surface area contributed by atoms with Gasteiger partial charge in [-0.25, -0.2) is 0 Å². The smallest absolute Gasteiger partial charge is 0.303 e. The number of rotatable bonds is 8. The van der Waals surface area contributed by atoms with Crippen molar-refractivity contribution in [1.82, 2.24) is 9.88 Å². The molecule has 0 bridgehead atoms. The second-order valence-electron chi connectivity index (χ2n) is 8.56. The molecule has 3 aromatic rings. The summed E-state index contributed by atoms with van der Waals surface area (Å²) in [7, 11) is 1.42. The van der Waals surface area contributed by atoms with Crippen LogP contribution in [0.15, 0.2) is 48.5 Å². The second kappa shape index (κ2) is 10.8. The van der Waals surface area contributed by atoms with Crippen LogP contribution in [0.2, 0.25) is 5.02 Å². The van der Waals surface area contributed by atoms with Gasteiger partial charge in [-0.2, -0.15) is 0 Å². The Morgan fingerprint density at radius 1 is 1.11 bits per heavy atom. The van der Waals surface area contributed by atoms with Gasteiger partial charge in [0, 0.05) is 48.7 Å². The number of carboxylic acid groups (broad SMARTS) is 1. The van der Waals surface area contributed by atoms with Crippen molar-refractivity contribution in [2.45, 2.75) is 18.8 Å². The van der Waals surface area contributed by atoms with Crippen LogP contribution in [0, 0.1) is 0 Å². The van der Waals surface area contributed by atoms with E-state index >= 15 is 0 Å². The van der Waals surface area contributed by atoms with Crippen molar-refractivity contribution in [3.05, 3.63) is 64.8 Å². The number of amides is 2. The van der Waals surface area contributed by atoms with Gasteiger partial charge in [-0.15, -0.1) is 0 Å². The highest BCUT2D eigenvalue weighted by Crippen LogP contribution is 2.36. The average Bonchev–Trinajstić information content (AvgIpc) is 2.87. The highest BCUT2D eigenvalue weighted by molar-refractivity contribution is 6.30. The molecule has 1 aromatic heterocycles. The molecule has 0 aliphatic carbocycles. The number of aliphatic carboxylic acids is 1. The lowest BCUT2D eigenvalue weighted by Crippen LogP contribution is -2.50. The van der Waals surface area contributed by atoms with Crippen LogP contribution >= 0.6 is 11.6 Å². The summed E-state index contributed by atoms with van der Waals surface area (Å²) in [4.78, 5) is 46.2.